The SMILES string of the molecule is O=C(Cc1cc(-c2ccccc2)on1)NCCCc1ncc2ccccn12. The normalized spacial score (nSPS) is 11.0. The summed E-state index contributed by atoms with van der Waals surface area (Å²) in [5.74, 6) is 1.62. The average molecular weight is 360 g/mol. The molecule has 0 unspecified atom stereocenters. The molecule has 4 aromatic rings. The Hall–Kier alpha value is -3.41. The number of rotatable bonds is 7. The highest BCUT2D eigenvalue weighted by Crippen LogP contribution is 2.19. The summed E-state index contributed by atoms with van der Waals surface area (Å²) >= 11 is 0. The van der Waals surface area contributed by atoms with Crippen LogP contribution in [0.5, 0.6) is 0 Å². The highest BCUT2D eigenvalue weighted by atomic mass is 16.5. The van der Waals surface area contributed by atoms with E-state index >= 15 is 0 Å². The van der Waals surface area contributed by atoms with Gasteiger partial charge in [-0.1, -0.05) is 41.6 Å². The van der Waals surface area contributed by atoms with E-state index in [4.69, 9.17) is 4.52 Å². The van der Waals surface area contributed by atoms with Crippen molar-refractivity contribution >= 4 is 11.4 Å². The number of hydrogen-bond acceptors (Lipinski definition) is 4. The Morgan fingerprint density at radius 2 is 1.96 bits per heavy atom. The molecule has 6 nitrogen and oxygen atoms in total. The second-order valence-corrected chi connectivity index (χ2v) is 6.35. The molecule has 136 valence electrons. The van der Waals surface area contributed by atoms with Crippen LogP contribution in [0.1, 0.15) is 17.9 Å². The molecule has 1 N–H and O–H groups in total. The van der Waals surface area contributed by atoms with Crippen molar-refractivity contribution < 1.29 is 9.32 Å². The van der Waals surface area contributed by atoms with Crippen LogP contribution in [0.4, 0.5) is 0 Å². The molecule has 3 heterocycles. The molecule has 0 aliphatic rings. The zero-order chi connectivity index (χ0) is 18.5. The third kappa shape index (κ3) is 4.06. The first kappa shape index (κ1) is 17.0. The minimum atomic E-state index is -0.0594. The Balaban J connectivity index is 1.25. The van der Waals surface area contributed by atoms with Gasteiger partial charge in [0.05, 0.1) is 23.8 Å². The van der Waals surface area contributed by atoms with Gasteiger partial charge in [-0.05, 0) is 18.6 Å². The van der Waals surface area contributed by atoms with Gasteiger partial charge in [-0.25, -0.2) is 4.98 Å². The van der Waals surface area contributed by atoms with Crippen LogP contribution in [-0.4, -0.2) is 27.0 Å². The summed E-state index contributed by atoms with van der Waals surface area (Å²) in [4.78, 5) is 16.6. The van der Waals surface area contributed by atoms with Crippen molar-refractivity contribution in [1.82, 2.24) is 19.9 Å². The molecule has 3 aromatic heterocycles. The maximum Gasteiger partial charge on any atom is 0.226 e. The van der Waals surface area contributed by atoms with Gasteiger partial charge in [0.2, 0.25) is 5.91 Å². The van der Waals surface area contributed by atoms with E-state index in [9.17, 15) is 4.79 Å². The van der Waals surface area contributed by atoms with E-state index < -0.39 is 0 Å². The minimum Gasteiger partial charge on any atom is -0.356 e. The lowest BCUT2D eigenvalue weighted by Gasteiger charge is -2.04. The van der Waals surface area contributed by atoms with E-state index in [1.54, 1.807) is 0 Å². The second-order valence-electron chi connectivity index (χ2n) is 6.35. The zero-order valence-electron chi connectivity index (χ0n) is 14.8. The Labute approximate surface area is 156 Å². The van der Waals surface area contributed by atoms with Gasteiger partial charge >= 0.3 is 0 Å². The summed E-state index contributed by atoms with van der Waals surface area (Å²) in [5.41, 5.74) is 2.66. The fourth-order valence-electron chi connectivity index (χ4n) is 3.02. The largest absolute Gasteiger partial charge is 0.356 e. The molecule has 0 aliphatic heterocycles. The lowest BCUT2D eigenvalue weighted by molar-refractivity contribution is -0.120. The number of benzene rings is 1. The van der Waals surface area contributed by atoms with Crippen molar-refractivity contribution in [3.05, 3.63) is 78.5 Å². The number of hydrogen-bond donors (Lipinski definition) is 1. The number of aromatic nitrogens is 3. The molecule has 1 aromatic carbocycles. The van der Waals surface area contributed by atoms with Gasteiger partial charge in [-0.3, -0.25) is 4.79 Å². The second kappa shape index (κ2) is 7.86. The molecule has 0 spiro atoms. The predicted molar refractivity (Wildman–Crippen MR) is 102 cm³/mol. The molecule has 27 heavy (non-hydrogen) atoms. The van der Waals surface area contributed by atoms with Gasteiger partial charge in [0, 0.05) is 30.8 Å². The number of carbonyl (C=O) groups excluding carboxylic acids is 1. The lowest BCUT2D eigenvalue weighted by Crippen LogP contribution is -2.26. The first-order chi connectivity index (χ1) is 13.3. The van der Waals surface area contributed by atoms with E-state index in [2.05, 4.69) is 19.9 Å². The molecule has 0 bridgehead atoms. The summed E-state index contributed by atoms with van der Waals surface area (Å²) in [6.07, 6.45) is 5.71. The fraction of sp³-hybridized carbons (Fsp3) is 0.190. The van der Waals surface area contributed by atoms with Crippen molar-refractivity contribution in [2.75, 3.05) is 6.54 Å². The molecule has 0 aliphatic carbocycles. The van der Waals surface area contributed by atoms with Crippen LogP contribution in [0.2, 0.25) is 0 Å². The van der Waals surface area contributed by atoms with Crippen LogP contribution in [0.3, 0.4) is 0 Å². The lowest BCUT2D eigenvalue weighted by atomic mass is 10.1. The van der Waals surface area contributed by atoms with Crippen LogP contribution < -0.4 is 5.32 Å². The van der Waals surface area contributed by atoms with E-state index in [0.29, 0.717) is 18.0 Å². The summed E-state index contributed by atoms with van der Waals surface area (Å²) in [6, 6.07) is 17.5. The molecule has 0 saturated carbocycles. The number of nitrogens with zero attached hydrogens (tertiary/aromatic N) is 3. The number of imidazole rings is 1. The van der Waals surface area contributed by atoms with E-state index in [1.165, 1.54) is 0 Å². The van der Waals surface area contributed by atoms with E-state index in [0.717, 1.165) is 29.7 Å². The third-order valence-electron chi connectivity index (χ3n) is 4.37. The van der Waals surface area contributed by atoms with Crippen molar-refractivity contribution in [1.29, 1.82) is 0 Å². The van der Waals surface area contributed by atoms with Gasteiger partial charge in [0.1, 0.15) is 5.82 Å². The monoisotopic (exact) mass is 360 g/mol. The Bertz CT molecular complexity index is 1040. The quantitative estimate of drug-likeness (QED) is 0.513. The summed E-state index contributed by atoms with van der Waals surface area (Å²) in [6.45, 7) is 0.601. The van der Waals surface area contributed by atoms with Crippen molar-refractivity contribution in [3.8, 4) is 11.3 Å². The van der Waals surface area contributed by atoms with Crippen LogP contribution in [-0.2, 0) is 17.6 Å². The molecule has 0 radical (unpaired) electrons. The van der Waals surface area contributed by atoms with E-state index in [-0.39, 0.29) is 12.3 Å². The predicted octanol–water partition coefficient (Wildman–Crippen LogP) is 3.28. The van der Waals surface area contributed by atoms with E-state index in [1.807, 2.05) is 67.0 Å². The Kier molecular flexibility index (Phi) is 4.96. The van der Waals surface area contributed by atoms with Crippen molar-refractivity contribution in [2.24, 2.45) is 0 Å². The number of fused-ring (bicyclic) bond motifs is 1. The first-order valence-electron chi connectivity index (χ1n) is 8.98. The molecule has 0 saturated heterocycles. The minimum absolute atomic E-state index is 0.0594. The van der Waals surface area contributed by atoms with Crippen LogP contribution >= 0.6 is 0 Å². The Morgan fingerprint density at radius 3 is 2.85 bits per heavy atom. The van der Waals surface area contributed by atoms with Gasteiger partial charge in [0.25, 0.3) is 0 Å². The molecule has 0 atom stereocenters. The number of pyridine rings is 1. The molecule has 0 fully saturated rings. The number of aryl methyl sites for hydroxylation is 1. The summed E-state index contributed by atoms with van der Waals surface area (Å²) in [7, 11) is 0. The van der Waals surface area contributed by atoms with Gasteiger partial charge < -0.3 is 14.2 Å². The smallest absolute Gasteiger partial charge is 0.226 e. The number of amides is 1. The molecular weight excluding hydrogens is 340 g/mol. The highest BCUT2D eigenvalue weighted by Gasteiger charge is 2.10. The van der Waals surface area contributed by atoms with Crippen LogP contribution in [0.15, 0.2) is 71.5 Å². The number of carbonyl (C=O) groups is 1. The van der Waals surface area contributed by atoms with Crippen molar-refractivity contribution in [3.63, 3.8) is 0 Å². The third-order valence-corrected chi connectivity index (χ3v) is 4.37. The highest BCUT2D eigenvalue weighted by molar-refractivity contribution is 5.78. The zero-order valence-corrected chi connectivity index (χ0v) is 14.8. The van der Waals surface area contributed by atoms with Gasteiger partial charge in [-0.2, -0.15) is 0 Å². The first-order valence-corrected chi connectivity index (χ1v) is 8.98. The molecular formula is C21H20N4O2. The number of nitrogens with one attached hydrogen (secondary N) is 1. The maximum absolute atomic E-state index is 12.1. The Morgan fingerprint density at radius 1 is 1.11 bits per heavy atom. The maximum atomic E-state index is 12.1. The van der Waals surface area contributed by atoms with Crippen LogP contribution in [0, 0.1) is 0 Å². The molecule has 6 heteroatoms. The molecule has 1 amide bonds. The average Bonchev–Trinajstić information content (AvgIpc) is 3.33. The fourth-order valence-corrected chi connectivity index (χ4v) is 3.02. The van der Waals surface area contributed by atoms with Gasteiger partial charge in [0.15, 0.2) is 5.76 Å². The van der Waals surface area contributed by atoms with Crippen molar-refractivity contribution in [2.45, 2.75) is 19.3 Å². The standard InChI is InChI=1S/C21H20N4O2/c26-21(14-17-13-19(27-24-17)16-7-2-1-3-8-16)22-11-6-10-20-23-15-18-9-4-5-12-25(18)20/h1-5,7-9,12-13,15H,6,10-11,14H2,(H,22,26). The summed E-state index contributed by atoms with van der Waals surface area (Å²) < 4.78 is 7.40. The topological polar surface area (TPSA) is 72.4 Å². The summed E-state index contributed by atoms with van der Waals surface area (Å²) in [5, 5.41) is 6.92. The van der Waals surface area contributed by atoms with Crippen LogP contribution in [0.25, 0.3) is 16.8 Å². The molecule has 4 rings (SSSR count). The van der Waals surface area contributed by atoms with Gasteiger partial charge in [-0.15, -0.1) is 0 Å².